The first kappa shape index (κ1) is 17.9. The third kappa shape index (κ3) is 2.86. The van der Waals surface area contributed by atoms with Crippen molar-refractivity contribution in [3.8, 4) is 0 Å². The summed E-state index contributed by atoms with van der Waals surface area (Å²) in [7, 11) is 0. The highest BCUT2D eigenvalue weighted by molar-refractivity contribution is 6.34. The van der Waals surface area contributed by atoms with Gasteiger partial charge in [-0.2, -0.15) is 0 Å². The van der Waals surface area contributed by atoms with E-state index in [2.05, 4.69) is 0 Å². The van der Waals surface area contributed by atoms with Crippen LogP contribution in [0.3, 0.4) is 0 Å². The molecule has 2 aliphatic heterocycles. The van der Waals surface area contributed by atoms with Crippen LogP contribution in [0.5, 0.6) is 0 Å². The van der Waals surface area contributed by atoms with E-state index in [0.29, 0.717) is 11.1 Å². The van der Waals surface area contributed by atoms with E-state index < -0.39 is 0 Å². The third-order valence-corrected chi connectivity index (χ3v) is 5.30. The van der Waals surface area contributed by atoms with Gasteiger partial charge in [0.15, 0.2) is 5.78 Å². The largest absolute Gasteiger partial charge is 0.507 e. The van der Waals surface area contributed by atoms with E-state index in [-0.39, 0.29) is 17.4 Å². The van der Waals surface area contributed by atoms with Crippen LogP contribution in [0, 0.1) is 0 Å². The molecule has 4 heteroatoms. The van der Waals surface area contributed by atoms with Crippen molar-refractivity contribution >= 4 is 22.8 Å². The smallest absolute Gasteiger partial charge is 0.263 e. The average Bonchev–Trinajstić information content (AvgIpc) is 3.07. The highest BCUT2D eigenvalue weighted by Gasteiger charge is 2.36. The Hall–Kier alpha value is -4.18. The summed E-state index contributed by atoms with van der Waals surface area (Å²) in [6.07, 6.45) is 9.60. The van der Waals surface area contributed by atoms with Crippen molar-refractivity contribution in [3.05, 3.63) is 131 Å². The molecular weight excluding hydrogens is 374 g/mol. The number of hydrogen-bond donors (Lipinski definition) is 1. The molecule has 0 saturated carbocycles. The van der Waals surface area contributed by atoms with Gasteiger partial charge in [0.05, 0.1) is 11.3 Å². The number of amides is 1. The molecule has 0 radical (unpaired) electrons. The molecule has 0 atom stereocenters. The van der Waals surface area contributed by atoms with Crippen LogP contribution >= 0.6 is 0 Å². The first-order valence-electron chi connectivity index (χ1n) is 9.60. The number of fused-ring (bicyclic) bond motifs is 1. The molecule has 4 nitrogen and oxygen atoms in total. The van der Waals surface area contributed by atoms with Crippen LogP contribution in [0.2, 0.25) is 0 Å². The summed E-state index contributed by atoms with van der Waals surface area (Å²) in [5.41, 5.74) is 5.29. The van der Waals surface area contributed by atoms with Crippen LogP contribution in [0.25, 0.3) is 11.1 Å². The fourth-order valence-electron chi connectivity index (χ4n) is 3.92. The van der Waals surface area contributed by atoms with E-state index in [0.717, 1.165) is 28.0 Å². The van der Waals surface area contributed by atoms with Crippen molar-refractivity contribution in [1.82, 2.24) is 4.90 Å². The number of carbonyl (C=O) groups is 2. The molecular formula is C26H17NO3. The zero-order chi connectivity index (χ0) is 20.7. The molecule has 0 bridgehead atoms. The van der Waals surface area contributed by atoms with Gasteiger partial charge in [-0.15, -0.1) is 0 Å². The monoisotopic (exact) mass is 391 g/mol. The Bertz CT molecular complexity index is 1260. The number of aliphatic hydroxyl groups is 1. The molecule has 2 heterocycles. The highest BCUT2D eigenvalue weighted by atomic mass is 16.3. The second-order valence-electron chi connectivity index (χ2n) is 7.14. The van der Waals surface area contributed by atoms with Crippen molar-refractivity contribution in [2.45, 2.75) is 0 Å². The molecule has 5 rings (SSSR count). The number of aliphatic hydroxyl groups excluding tert-OH is 1. The minimum atomic E-state index is -0.252. The SMILES string of the molecule is O=C1C=CC(=C2C=CN3C(=O)C(c4ccccc4)=C(c4ccccc4)C3=C2)C(O)=C1. The maximum Gasteiger partial charge on any atom is 0.263 e. The molecule has 0 spiro atoms. The minimum absolute atomic E-state index is 0.0784. The van der Waals surface area contributed by atoms with Crippen molar-refractivity contribution in [1.29, 1.82) is 0 Å². The fourth-order valence-corrected chi connectivity index (χ4v) is 3.92. The van der Waals surface area contributed by atoms with Gasteiger partial charge in [0.1, 0.15) is 5.76 Å². The molecule has 0 aromatic heterocycles. The summed E-state index contributed by atoms with van der Waals surface area (Å²) in [6.45, 7) is 0. The van der Waals surface area contributed by atoms with Gasteiger partial charge >= 0.3 is 0 Å². The summed E-state index contributed by atoms with van der Waals surface area (Å²) in [4.78, 5) is 26.5. The van der Waals surface area contributed by atoms with Gasteiger partial charge in [-0.1, -0.05) is 60.7 Å². The number of carbonyl (C=O) groups excluding carboxylic acids is 2. The van der Waals surface area contributed by atoms with Crippen molar-refractivity contribution < 1.29 is 14.7 Å². The number of ketones is 1. The topological polar surface area (TPSA) is 57.6 Å². The van der Waals surface area contributed by atoms with Crippen LogP contribution in [0.1, 0.15) is 11.1 Å². The van der Waals surface area contributed by atoms with Gasteiger partial charge in [-0.05, 0) is 41.0 Å². The second-order valence-corrected chi connectivity index (χ2v) is 7.14. The molecule has 3 aliphatic rings. The Morgan fingerprint density at radius 2 is 1.33 bits per heavy atom. The molecule has 144 valence electrons. The second kappa shape index (κ2) is 7.01. The molecule has 30 heavy (non-hydrogen) atoms. The molecule has 0 saturated heterocycles. The normalized spacial score (nSPS) is 20.5. The highest BCUT2D eigenvalue weighted by Crippen LogP contribution is 2.44. The van der Waals surface area contributed by atoms with Gasteiger partial charge in [-0.25, -0.2) is 0 Å². The quantitative estimate of drug-likeness (QED) is 0.805. The molecule has 2 aromatic carbocycles. The van der Waals surface area contributed by atoms with Gasteiger partial charge in [0.2, 0.25) is 0 Å². The van der Waals surface area contributed by atoms with Crippen molar-refractivity contribution in [2.24, 2.45) is 0 Å². The third-order valence-electron chi connectivity index (χ3n) is 5.30. The number of benzene rings is 2. The molecule has 1 amide bonds. The van der Waals surface area contributed by atoms with E-state index in [4.69, 9.17) is 0 Å². The van der Waals surface area contributed by atoms with Crippen LogP contribution in [0.15, 0.2) is 120 Å². The Balaban J connectivity index is 1.75. The molecule has 0 unspecified atom stereocenters. The Kier molecular flexibility index (Phi) is 4.18. The Morgan fingerprint density at radius 1 is 0.700 bits per heavy atom. The van der Waals surface area contributed by atoms with Crippen LogP contribution < -0.4 is 0 Å². The maximum absolute atomic E-state index is 13.4. The standard InChI is InChI=1S/C26H17NO3/c28-20-11-12-21(23(29)16-20)19-13-14-27-22(15-19)24(17-7-3-1-4-8-17)25(26(27)30)18-9-5-2-6-10-18/h1-16,29H. The summed E-state index contributed by atoms with van der Waals surface area (Å²) >= 11 is 0. The summed E-state index contributed by atoms with van der Waals surface area (Å²) in [6, 6.07) is 19.4. The number of allylic oxidation sites excluding steroid dienone is 7. The van der Waals surface area contributed by atoms with Crippen molar-refractivity contribution in [2.75, 3.05) is 0 Å². The van der Waals surface area contributed by atoms with E-state index in [9.17, 15) is 14.7 Å². The Morgan fingerprint density at radius 3 is 1.97 bits per heavy atom. The molecule has 1 aliphatic carbocycles. The first-order chi connectivity index (χ1) is 14.6. The van der Waals surface area contributed by atoms with Crippen molar-refractivity contribution in [3.63, 3.8) is 0 Å². The first-order valence-corrected chi connectivity index (χ1v) is 9.60. The zero-order valence-corrected chi connectivity index (χ0v) is 15.9. The summed E-state index contributed by atoms with van der Waals surface area (Å²) < 4.78 is 0. The lowest BCUT2D eigenvalue weighted by molar-refractivity contribution is -0.120. The molecule has 2 aromatic rings. The Labute approximate surface area is 173 Å². The number of rotatable bonds is 2. The van der Waals surface area contributed by atoms with Crippen LogP contribution in [-0.2, 0) is 9.59 Å². The summed E-state index contributed by atoms with van der Waals surface area (Å²) in [5.74, 6) is -0.427. The van der Waals surface area contributed by atoms with E-state index in [1.807, 2.05) is 66.7 Å². The lowest BCUT2D eigenvalue weighted by Gasteiger charge is -2.21. The number of nitrogens with zero attached hydrogens (tertiary/aromatic N) is 1. The van der Waals surface area contributed by atoms with Crippen LogP contribution in [-0.4, -0.2) is 21.7 Å². The van der Waals surface area contributed by atoms with Gasteiger partial charge in [-0.3, -0.25) is 14.5 Å². The summed E-state index contributed by atoms with van der Waals surface area (Å²) in [5, 5.41) is 10.3. The number of hydrogen-bond acceptors (Lipinski definition) is 3. The fraction of sp³-hybridized carbons (Fsp3) is 0. The predicted molar refractivity (Wildman–Crippen MR) is 116 cm³/mol. The van der Waals surface area contributed by atoms with E-state index in [1.54, 1.807) is 23.3 Å². The minimum Gasteiger partial charge on any atom is -0.507 e. The van der Waals surface area contributed by atoms with E-state index in [1.165, 1.54) is 12.2 Å². The maximum atomic E-state index is 13.4. The van der Waals surface area contributed by atoms with Crippen LogP contribution in [0.4, 0.5) is 0 Å². The van der Waals surface area contributed by atoms with Gasteiger partial charge in [0, 0.05) is 23.4 Å². The van der Waals surface area contributed by atoms with Gasteiger partial charge in [0.25, 0.3) is 5.91 Å². The zero-order valence-electron chi connectivity index (χ0n) is 15.9. The van der Waals surface area contributed by atoms with Gasteiger partial charge < -0.3 is 5.11 Å². The lowest BCUT2D eigenvalue weighted by atomic mass is 9.92. The molecule has 0 fully saturated rings. The average molecular weight is 391 g/mol. The predicted octanol–water partition coefficient (Wildman–Crippen LogP) is 4.73. The lowest BCUT2D eigenvalue weighted by Crippen LogP contribution is -2.21. The van der Waals surface area contributed by atoms with E-state index >= 15 is 0 Å². The molecule has 1 N–H and O–H groups in total.